The number of benzene rings is 1. The number of nitrogens with one attached hydrogen (secondary N) is 1. The first-order valence-corrected chi connectivity index (χ1v) is 5.41. The minimum Gasteiger partial charge on any atom is -0.482 e. The van der Waals surface area contributed by atoms with Crippen LogP contribution >= 0.6 is 0 Å². The number of hydrogen-bond donors (Lipinski definition) is 3. The molecule has 0 aliphatic carbocycles. The van der Waals surface area contributed by atoms with Crippen LogP contribution in [0.1, 0.15) is 18.1 Å². The number of anilines is 1. The fourth-order valence-corrected chi connectivity index (χ4v) is 1.70. The number of nitriles is 1. The Morgan fingerprint density at radius 3 is 3.00 bits per heavy atom. The van der Waals surface area contributed by atoms with Gasteiger partial charge < -0.3 is 20.3 Å². The maximum absolute atomic E-state index is 11.1. The van der Waals surface area contributed by atoms with E-state index in [1.807, 2.05) is 0 Å². The Morgan fingerprint density at radius 2 is 2.28 bits per heavy atom. The summed E-state index contributed by atoms with van der Waals surface area (Å²) in [6.45, 7) is -0.0761. The van der Waals surface area contributed by atoms with Crippen molar-refractivity contribution in [2.45, 2.75) is 18.6 Å². The van der Waals surface area contributed by atoms with Crippen molar-refractivity contribution in [2.24, 2.45) is 0 Å². The Hall–Kier alpha value is -2.10. The van der Waals surface area contributed by atoms with Gasteiger partial charge in [0.2, 0.25) is 0 Å². The molecule has 1 amide bonds. The summed E-state index contributed by atoms with van der Waals surface area (Å²) in [5.74, 6) is 0.204. The van der Waals surface area contributed by atoms with Gasteiger partial charge in [-0.1, -0.05) is 6.07 Å². The predicted octanol–water partition coefficient (Wildman–Crippen LogP) is 0.325. The highest BCUT2D eigenvalue weighted by Crippen LogP contribution is 2.31. The van der Waals surface area contributed by atoms with Gasteiger partial charge in [0.1, 0.15) is 11.9 Å². The average molecular weight is 248 g/mol. The Bertz CT molecular complexity index is 509. The summed E-state index contributed by atoms with van der Waals surface area (Å²) in [5.41, 5.74) is 0.963. The van der Waals surface area contributed by atoms with Gasteiger partial charge in [0.15, 0.2) is 6.61 Å². The number of ether oxygens (including phenoxy) is 1. The van der Waals surface area contributed by atoms with Gasteiger partial charge in [-0.15, -0.1) is 0 Å². The third-order valence-corrected chi connectivity index (χ3v) is 2.64. The van der Waals surface area contributed by atoms with Gasteiger partial charge in [-0.2, -0.15) is 5.26 Å². The van der Waals surface area contributed by atoms with Crippen molar-refractivity contribution in [1.82, 2.24) is 0 Å². The zero-order chi connectivity index (χ0) is 13.1. The second-order valence-corrected chi connectivity index (χ2v) is 3.97. The van der Waals surface area contributed by atoms with Crippen LogP contribution in [0.5, 0.6) is 5.75 Å². The molecule has 0 aromatic heterocycles. The summed E-state index contributed by atoms with van der Waals surface area (Å²) in [5, 5.41) is 30.4. The molecule has 0 spiro atoms. The number of carbonyl (C=O) groups excluding carboxylic acids is 1. The first-order valence-electron chi connectivity index (χ1n) is 5.41. The van der Waals surface area contributed by atoms with Gasteiger partial charge in [-0.05, 0) is 17.7 Å². The number of nitrogens with zero attached hydrogens (tertiary/aromatic N) is 1. The molecule has 0 saturated carbocycles. The van der Waals surface area contributed by atoms with Gasteiger partial charge >= 0.3 is 0 Å². The smallest absolute Gasteiger partial charge is 0.262 e. The SMILES string of the molecule is N#CCC(O)C(O)c1ccc2c(c1)OCC(=O)N2. The first-order chi connectivity index (χ1) is 8.61. The summed E-state index contributed by atoms with van der Waals surface area (Å²) in [7, 11) is 0. The predicted molar refractivity (Wildman–Crippen MR) is 61.8 cm³/mol. The van der Waals surface area contributed by atoms with Crippen LogP contribution in [0.4, 0.5) is 5.69 Å². The van der Waals surface area contributed by atoms with E-state index in [2.05, 4.69) is 5.32 Å². The molecular weight excluding hydrogens is 236 g/mol. The van der Waals surface area contributed by atoms with Crippen molar-refractivity contribution in [3.05, 3.63) is 23.8 Å². The second kappa shape index (κ2) is 5.04. The number of aliphatic hydroxyl groups is 2. The topological polar surface area (TPSA) is 103 Å². The monoisotopic (exact) mass is 248 g/mol. The highest BCUT2D eigenvalue weighted by molar-refractivity contribution is 5.95. The maximum atomic E-state index is 11.1. The zero-order valence-corrected chi connectivity index (χ0v) is 9.46. The van der Waals surface area contributed by atoms with E-state index in [-0.39, 0.29) is 18.9 Å². The summed E-state index contributed by atoms with van der Waals surface area (Å²) in [6, 6.07) is 6.49. The van der Waals surface area contributed by atoms with E-state index in [1.54, 1.807) is 24.3 Å². The average Bonchev–Trinajstić information content (AvgIpc) is 2.37. The third kappa shape index (κ3) is 2.42. The fraction of sp³-hybridized carbons (Fsp3) is 0.333. The first kappa shape index (κ1) is 12.4. The Morgan fingerprint density at radius 1 is 1.50 bits per heavy atom. The van der Waals surface area contributed by atoms with Gasteiger partial charge in [-0.3, -0.25) is 4.79 Å². The molecule has 0 fully saturated rings. The summed E-state index contributed by atoms with van der Waals surface area (Å²) in [4.78, 5) is 11.1. The molecule has 2 atom stereocenters. The molecule has 6 heteroatoms. The van der Waals surface area contributed by atoms with Crippen molar-refractivity contribution >= 4 is 11.6 Å². The van der Waals surface area contributed by atoms with Crippen LogP contribution in [0.3, 0.4) is 0 Å². The van der Waals surface area contributed by atoms with Crippen LogP contribution in [0.15, 0.2) is 18.2 Å². The minimum atomic E-state index is -1.16. The van der Waals surface area contributed by atoms with Gasteiger partial charge in [-0.25, -0.2) is 0 Å². The molecule has 18 heavy (non-hydrogen) atoms. The lowest BCUT2D eigenvalue weighted by Gasteiger charge is -2.21. The van der Waals surface area contributed by atoms with Crippen molar-refractivity contribution in [2.75, 3.05) is 11.9 Å². The van der Waals surface area contributed by atoms with E-state index >= 15 is 0 Å². The van der Waals surface area contributed by atoms with E-state index in [0.29, 0.717) is 17.0 Å². The second-order valence-electron chi connectivity index (χ2n) is 3.97. The van der Waals surface area contributed by atoms with Crippen LogP contribution in [0, 0.1) is 11.3 Å². The lowest BCUT2D eigenvalue weighted by Crippen LogP contribution is -2.25. The molecule has 0 radical (unpaired) electrons. The normalized spacial score (nSPS) is 16.8. The fourth-order valence-electron chi connectivity index (χ4n) is 1.70. The van der Waals surface area contributed by atoms with E-state index in [0.717, 1.165) is 0 Å². The van der Waals surface area contributed by atoms with Crippen molar-refractivity contribution < 1.29 is 19.7 Å². The molecule has 94 valence electrons. The highest BCUT2D eigenvalue weighted by atomic mass is 16.5. The molecule has 3 N–H and O–H groups in total. The highest BCUT2D eigenvalue weighted by Gasteiger charge is 2.22. The number of fused-ring (bicyclic) bond motifs is 1. The van der Waals surface area contributed by atoms with Gasteiger partial charge in [0, 0.05) is 0 Å². The Labute approximate surface area is 103 Å². The number of rotatable bonds is 3. The quantitative estimate of drug-likeness (QED) is 0.715. The molecule has 1 aromatic rings. The molecule has 0 bridgehead atoms. The van der Waals surface area contributed by atoms with Crippen LogP contribution in [0.25, 0.3) is 0 Å². The zero-order valence-electron chi connectivity index (χ0n) is 9.46. The standard InChI is InChI=1S/C12H12N2O4/c13-4-3-9(15)12(17)7-1-2-8-10(5-7)18-6-11(16)14-8/h1-2,5,9,12,15,17H,3,6H2,(H,14,16). The molecule has 1 aliphatic rings. The van der Waals surface area contributed by atoms with Crippen LogP contribution < -0.4 is 10.1 Å². The molecular formula is C12H12N2O4. The molecule has 2 rings (SSSR count). The van der Waals surface area contributed by atoms with Crippen LogP contribution in [-0.2, 0) is 4.79 Å². The Balaban J connectivity index is 2.21. The van der Waals surface area contributed by atoms with Gasteiger partial charge in [0.25, 0.3) is 5.91 Å². The molecule has 0 saturated heterocycles. The van der Waals surface area contributed by atoms with E-state index in [1.165, 1.54) is 0 Å². The van der Waals surface area contributed by atoms with E-state index < -0.39 is 12.2 Å². The van der Waals surface area contributed by atoms with E-state index in [9.17, 15) is 15.0 Å². The molecule has 6 nitrogen and oxygen atoms in total. The third-order valence-electron chi connectivity index (χ3n) is 2.64. The lowest BCUT2D eigenvalue weighted by atomic mass is 10.0. The summed E-state index contributed by atoms with van der Waals surface area (Å²) in [6.07, 6.45) is -2.46. The number of carbonyl (C=O) groups is 1. The summed E-state index contributed by atoms with van der Waals surface area (Å²) < 4.78 is 5.20. The van der Waals surface area contributed by atoms with Gasteiger partial charge in [0.05, 0.1) is 24.3 Å². The number of amides is 1. The number of aliphatic hydroxyl groups excluding tert-OH is 2. The van der Waals surface area contributed by atoms with E-state index in [4.69, 9.17) is 10.00 Å². The van der Waals surface area contributed by atoms with Crippen LogP contribution in [-0.4, -0.2) is 28.8 Å². The molecule has 1 aromatic carbocycles. The molecule has 1 aliphatic heterocycles. The van der Waals surface area contributed by atoms with Crippen molar-refractivity contribution in [1.29, 1.82) is 5.26 Å². The molecule has 1 heterocycles. The van der Waals surface area contributed by atoms with Crippen LogP contribution in [0.2, 0.25) is 0 Å². The van der Waals surface area contributed by atoms with Crippen molar-refractivity contribution in [3.8, 4) is 11.8 Å². The number of hydrogen-bond acceptors (Lipinski definition) is 5. The molecule has 2 unspecified atom stereocenters. The maximum Gasteiger partial charge on any atom is 0.262 e. The lowest BCUT2D eigenvalue weighted by molar-refractivity contribution is -0.118. The minimum absolute atomic E-state index is 0.0761. The summed E-state index contributed by atoms with van der Waals surface area (Å²) >= 11 is 0. The Kier molecular flexibility index (Phi) is 3.46. The largest absolute Gasteiger partial charge is 0.482 e. The van der Waals surface area contributed by atoms with Crippen molar-refractivity contribution in [3.63, 3.8) is 0 Å².